The number of alkyl halides is 1. The van der Waals surface area contributed by atoms with Crippen molar-refractivity contribution < 1.29 is 5.11 Å². The lowest BCUT2D eigenvalue weighted by Crippen LogP contribution is -2.25. The zero-order valence-electron chi connectivity index (χ0n) is 18.1. The molecule has 0 unspecified atom stereocenters. The third kappa shape index (κ3) is 7.00. The molecule has 3 aliphatic carbocycles. The molecule has 0 bridgehead atoms. The summed E-state index contributed by atoms with van der Waals surface area (Å²) >= 11 is 2.65. The Bertz CT molecular complexity index is 534. The Labute approximate surface area is 187 Å². The van der Waals surface area contributed by atoms with Crippen LogP contribution in [0.1, 0.15) is 101 Å². The molecule has 0 aliphatic heterocycles. The summed E-state index contributed by atoms with van der Waals surface area (Å²) in [5.41, 5.74) is 2.98. The van der Waals surface area contributed by atoms with Gasteiger partial charge in [-0.05, 0) is 113 Å². The van der Waals surface area contributed by atoms with Crippen LogP contribution in [0, 0.1) is 24.7 Å². The van der Waals surface area contributed by atoms with Crippen LogP contribution in [0.3, 0.4) is 0 Å². The number of aliphatic hydroxyl groups is 1. The highest BCUT2D eigenvalue weighted by atomic mass is 127. The number of aliphatic hydroxyl groups excluding tert-OH is 1. The average molecular weight is 497 g/mol. The highest BCUT2D eigenvalue weighted by Gasteiger charge is 2.30. The van der Waals surface area contributed by atoms with Gasteiger partial charge < -0.3 is 5.11 Å². The van der Waals surface area contributed by atoms with Crippen LogP contribution in [0.25, 0.3) is 0 Å². The van der Waals surface area contributed by atoms with E-state index in [0.717, 1.165) is 40.4 Å². The second kappa shape index (κ2) is 11.3. The predicted octanol–water partition coefficient (Wildman–Crippen LogP) is 7.82. The maximum Gasteiger partial charge on any atom is 0.0540 e. The number of rotatable bonds is 2. The standard InChI is InChI=1S/C19H27I.C7H14O/c1-14-2-4-15(5-3-14)16-6-8-17(9-7-16)18-10-12-19(20)13-11-18;1-6-2-4-7(8)5-3-6/h2-5,16-19H,6-13H2,1H3;6-8H,2-5H2,1H3. The number of hydrogen-bond donors (Lipinski definition) is 1. The summed E-state index contributed by atoms with van der Waals surface area (Å²) in [6.07, 6.45) is 16.3. The van der Waals surface area contributed by atoms with Gasteiger partial charge >= 0.3 is 0 Å². The van der Waals surface area contributed by atoms with Crippen molar-refractivity contribution in [2.75, 3.05) is 0 Å². The van der Waals surface area contributed by atoms with Gasteiger partial charge in [-0.3, -0.25) is 0 Å². The first-order chi connectivity index (χ1) is 13.5. The van der Waals surface area contributed by atoms with E-state index in [1.807, 2.05) is 0 Å². The maximum atomic E-state index is 9.03. The van der Waals surface area contributed by atoms with Crippen molar-refractivity contribution in [1.29, 1.82) is 0 Å². The first-order valence-electron chi connectivity index (χ1n) is 11.9. The second-order valence-electron chi connectivity index (χ2n) is 9.95. The summed E-state index contributed by atoms with van der Waals surface area (Å²) in [6, 6.07) is 9.29. The van der Waals surface area contributed by atoms with E-state index in [2.05, 4.69) is 60.7 Å². The van der Waals surface area contributed by atoms with Crippen molar-refractivity contribution in [1.82, 2.24) is 0 Å². The predicted molar refractivity (Wildman–Crippen MR) is 129 cm³/mol. The molecule has 158 valence electrons. The quantitative estimate of drug-likeness (QED) is 0.327. The summed E-state index contributed by atoms with van der Waals surface area (Å²) < 4.78 is 0.966. The van der Waals surface area contributed by atoms with Gasteiger partial charge in [0.25, 0.3) is 0 Å². The highest BCUT2D eigenvalue weighted by molar-refractivity contribution is 14.1. The molecular weight excluding hydrogens is 455 g/mol. The second-order valence-corrected chi connectivity index (χ2v) is 11.7. The fourth-order valence-corrected chi connectivity index (χ4v) is 6.27. The molecule has 1 aromatic rings. The molecule has 3 aliphatic rings. The smallest absolute Gasteiger partial charge is 0.0540 e. The van der Waals surface area contributed by atoms with Gasteiger partial charge in [-0.2, -0.15) is 0 Å². The van der Waals surface area contributed by atoms with E-state index in [1.54, 1.807) is 5.56 Å². The Hall–Kier alpha value is -0.0900. The van der Waals surface area contributed by atoms with Crippen LogP contribution in [-0.2, 0) is 0 Å². The number of aryl methyl sites for hydroxylation is 1. The lowest BCUT2D eigenvalue weighted by Gasteiger charge is -2.37. The van der Waals surface area contributed by atoms with Gasteiger partial charge in [0.2, 0.25) is 0 Å². The van der Waals surface area contributed by atoms with Gasteiger partial charge in [0, 0.05) is 3.92 Å². The lowest BCUT2D eigenvalue weighted by molar-refractivity contribution is 0.112. The fourth-order valence-electron chi connectivity index (χ4n) is 5.55. The van der Waals surface area contributed by atoms with E-state index in [4.69, 9.17) is 5.11 Å². The normalized spacial score (nSPS) is 36.3. The molecule has 0 radical (unpaired) electrons. The van der Waals surface area contributed by atoms with Crippen molar-refractivity contribution >= 4 is 22.6 Å². The Morgan fingerprint density at radius 3 is 1.71 bits per heavy atom. The molecular formula is C26H41IO. The average Bonchev–Trinajstić information content (AvgIpc) is 2.72. The number of halogens is 1. The van der Waals surface area contributed by atoms with Crippen molar-refractivity contribution in [2.45, 2.75) is 107 Å². The Kier molecular flexibility index (Phi) is 9.15. The zero-order chi connectivity index (χ0) is 19.9. The zero-order valence-corrected chi connectivity index (χ0v) is 20.2. The molecule has 0 spiro atoms. The van der Waals surface area contributed by atoms with Crippen molar-refractivity contribution in [2.24, 2.45) is 17.8 Å². The minimum absolute atomic E-state index is 0.0196. The molecule has 4 rings (SSSR count). The van der Waals surface area contributed by atoms with Gasteiger partial charge in [0.15, 0.2) is 0 Å². The van der Waals surface area contributed by atoms with E-state index in [-0.39, 0.29) is 6.10 Å². The molecule has 1 nitrogen and oxygen atoms in total. The Morgan fingerprint density at radius 1 is 0.714 bits per heavy atom. The van der Waals surface area contributed by atoms with E-state index in [9.17, 15) is 0 Å². The molecule has 0 saturated heterocycles. The monoisotopic (exact) mass is 496 g/mol. The number of benzene rings is 1. The van der Waals surface area contributed by atoms with E-state index < -0.39 is 0 Å². The summed E-state index contributed by atoms with van der Waals surface area (Å²) in [7, 11) is 0. The third-order valence-corrected chi connectivity index (χ3v) is 8.92. The molecule has 0 heterocycles. The van der Waals surface area contributed by atoms with E-state index in [1.165, 1.54) is 69.8 Å². The molecule has 0 amide bonds. The minimum Gasteiger partial charge on any atom is -0.393 e. The summed E-state index contributed by atoms with van der Waals surface area (Å²) in [6.45, 7) is 4.44. The molecule has 2 heteroatoms. The van der Waals surface area contributed by atoms with Crippen molar-refractivity contribution in [3.63, 3.8) is 0 Å². The van der Waals surface area contributed by atoms with Crippen LogP contribution < -0.4 is 0 Å². The minimum atomic E-state index is 0.0196. The van der Waals surface area contributed by atoms with Gasteiger partial charge in [-0.15, -0.1) is 0 Å². The van der Waals surface area contributed by atoms with Crippen LogP contribution >= 0.6 is 22.6 Å². The van der Waals surface area contributed by atoms with Gasteiger partial charge in [-0.1, -0.05) is 59.3 Å². The van der Waals surface area contributed by atoms with Crippen LogP contribution in [0.2, 0.25) is 0 Å². The molecule has 3 fully saturated rings. The first-order valence-corrected chi connectivity index (χ1v) is 13.1. The topological polar surface area (TPSA) is 20.2 Å². The van der Waals surface area contributed by atoms with Crippen LogP contribution in [0.5, 0.6) is 0 Å². The summed E-state index contributed by atoms with van der Waals surface area (Å²) in [4.78, 5) is 0. The molecule has 0 atom stereocenters. The van der Waals surface area contributed by atoms with Crippen LogP contribution in [0.15, 0.2) is 24.3 Å². The molecule has 1 aromatic carbocycles. The molecule has 28 heavy (non-hydrogen) atoms. The van der Waals surface area contributed by atoms with Crippen molar-refractivity contribution in [3.8, 4) is 0 Å². The van der Waals surface area contributed by atoms with E-state index in [0.29, 0.717) is 0 Å². The summed E-state index contributed by atoms with van der Waals surface area (Å²) in [5.74, 6) is 3.80. The lowest BCUT2D eigenvalue weighted by atomic mass is 9.70. The molecule has 1 N–H and O–H groups in total. The van der Waals surface area contributed by atoms with Crippen LogP contribution in [0.4, 0.5) is 0 Å². The fraction of sp³-hybridized carbons (Fsp3) is 0.769. The maximum absolute atomic E-state index is 9.03. The Balaban J connectivity index is 0.000000236. The number of hydrogen-bond acceptors (Lipinski definition) is 1. The van der Waals surface area contributed by atoms with Crippen molar-refractivity contribution in [3.05, 3.63) is 35.4 Å². The highest BCUT2D eigenvalue weighted by Crippen LogP contribution is 2.43. The van der Waals surface area contributed by atoms with Gasteiger partial charge in [0.05, 0.1) is 6.10 Å². The summed E-state index contributed by atoms with van der Waals surface area (Å²) in [5, 5.41) is 9.03. The SMILES string of the molecule is CC1CCC(O)CC1.Cc1ccc(C2CCC(C3CCC(I)CC3)CC2)cc1. The molecule has 3 saturated carbocycles. The third-order valence-electron chi connectivity index (χ3n) is 7.67. The molecule has 0 aromatic heterocycles. The van der Waals surface area contributed by atoms with Gasteiger partial charge in [0.1, 0.15) is 0 Å². The van der Waals surface area contributed by atoms with E-state index >= 15 is 0 Å². The van der Waals surface area contributed by atoms with Crippen LogP contribution in [-0.4, -0.2) is 15.1 Å². The Morgan fingerprint density at radius 2 is 1.21 bits per heavy atom. The first kappa shape index (κ1) is 22.6. The largest absolute Gasteiger partial charge is 0.393 e. The van der Waals surface area contributed by atoms with Gasteiger partial charge in [-0.25, -0.2) is 0 Å².